The normalized spacial score (nSPS) is 29.5. The molecule has 0 spiro atoms. The molecule has 106 valence electrons. The third-order valence-electron chi connectivity index (χ3n) is 4.05. The van der Waals surface area contributed by atoms with Gasteiger partial charge in [-0.2, -0.15) is 0 Å². The molecule has 0 bridgehead atoms. The van der Waals surface area contributed by atoms with Crippen LogP contribution in [-0.4, -0.2) is 75.4 Å². The van der Waals surface area contributed by atoms with Crippen LogP contribution < -0.4 is 5.32 Å². The summed E-state index contributed by atoms with van der Waals surface area (Å²) in [7, 11) is 4.35. The molecule has 0 aromatic rings. The first-order chi connectivity index (χ1) is 8.75. The average Bonchev–Trinajstić information content (AvgIpc) is 2.95. The lowest BCUT2D eigenvalue weighted by Gasteiger charge is -2.27. The number of likely N-dealkylation sites (N-methyl/N-ethyl adjacent to an activating group) is 1. The maximum absolute atomic E-state index is 5.62. The summed E-state index contributed by atoms with van der Waals surface area (Å²) in [5.41, 5.74) is 0. The molecular weight excluding hydrogens is 226 g/mol. The first-order valence-corrected chi connectivity index (χ1v) is 7.47. The van der Waals surface area contributed by atoms with Gasteiger partial charge < -0.3 is 15.0 Å². The number of rotatable bonds is 7. The topological polar surface area (TPSA) is 27.7 Å². The van der Waals surface area contributed by atoms with Gasteiger partial charge in [0.25, 0.3) is 0 Å². The van der Waals surface area contributed by atoms with Crippen LogP contribution in [0.15, 0.2) is 0 Å². The fraction of sp³-hybridized carbons (Fsp3) is 1.00. The van der Waals surface area contributed by atoms with Gasteiger partial charge in [0.1, 0.15) is 0 Å². The van der Waals surface area contributed by atoms with E-state index in [4.69, 9.17) is 4.74 Å². The summed E-state index contributed by atoms with van der Waals surface area (Å²) in [4.78, 5) is 4.95. The molecule has 2 saturated heterocycles. The van der Waals surface area contributed by atoms with Crippen LogP contribution in [0.4, 0.5) is 0 Å². The predicted octanol–water partition coefficient (Wildman–Crippen LogP) is 0.781. The third kappa shape index (κ3) is 4.50. The predicted molar refractivity (Wildman–Crippen MR) is 75.0 cm³/mol. The lowest BCUT2D eigenvalue weighted by molar-refractivity contribution is 0.109. The molecule has 0 aliphatic carbocycles. The number of hydrogen-bond donors (Lipinski definition) is 1. The maximum atomic E-state index is 5.62. The number of hydrogen-bond acceptors (Lipinski definition) is 4. The van der Waals surface area contributed by atoms with Crippen molar-refractivity contribution in [3.05, 3.63) is 0 Å². The second kappa shape index (κ2) is 7.43. The lowest BCUT2D eigenvalue weighted by atomic mass is 10.2. The summed E-state index contributed by atoms with van der Waals surface area (Å²) in [5.74, 6) is 0. The van der Waals surface area contributed by atoms with Gasteiger partial charge in [-0.25, -0.2) is 0 Å². The zero-order chi connectivity index (χ0) is 12.8. The Hall–Kier alpha value is -0.160. The highest BCUT2D eigenvalue weighted by Gasteiger charge is 2.24. The summed E-state index contributed by atoms with van der Waals surface area (Å²) < 4.78 is 5.62. The van der Waals surface area contributed by atoms with E-state index < -0.39 is 0 Å². The third-order valence-corrected chi connectivity index (χ3v) is 4.05. The van der Waals surface area contributed by atoms with Crippen molar-refractivity contribution in [2.45, 2.75) is 37.8 Å². The number of nitrogens with one attached hydrogen (secondary N) is 1. The Morgan fingerprint density at radius 3 is 2.89 bits per heavy atom. The smallest absolute Gasteiger partial charge is 0.0700 e. The van der Waals surface area contributed by atoms with E-state index in [0.29, 0.717) is 6.10 Å². The molecule has 2 aliphatic heterocycles. The minimum Gasteiger partial charge on any atom is -0.377 e. The van der Waals surface area contributed by atoms with Gasteiger partial charge in [0.15, 0.2) is 0 Å². The van der Waals surface area contributed by atoms with Crippen molar-refractivity contribution in [1.82, 2.24) is 15.1 Å². The summed E-state index contributed by atoms with van der Waals surface area (Å²) in [6, 6.07) is 0.768. The van der Waals surface area contributed by atoms with Crippen LogP contribution in [0.1, 0.15) is 25.7 Å². The van der Waals surface area contributed by atoms with Crippen LogP contribution in [-0.2, 0) is 4.74 Å². The Labute approximate surface area is 112 Å². The van der Waals surface area contributed by atoms with Crippen LogP contribution in [0.5, 0.6) is 0 Å². The van der Waals surface area contributed by atoms with Gasteiger partial charge in [-0.1, -0.05) is 0 Å². The average molecular weight is 255 g/mol. The van der Waals surface area contributed by atoms with E-state index in [9.17, 15) is 0 Å². The number of nitrogens with zero attached hydrogens (tertiary/aromatic N) is 2. The Kier molecular flexibility index (Phi) is 5.89. The Morgan fingerprint density at radius 1 is 1.28 bits per heavy atom. The fourth-order valence-corrected chi connectivity index (χ4v) is 3.11. The molecule has 4 heteroatoms. The largest absolute Gasteiger partial charge is 0.377 e. The Bertz CT molecular complexity index is 229. The van der Waals surface area contributed by atoms with E-state index in [2.05, 4.69) is 29.2 Å². The lowest BCUT2D eigenvalue weighted by Crippen LogP contribution is -2.41. The first kappa shape index (κ1) is 14.3. The molecule has 2 atom stereocenters. The monoisotopic (exact) mass is 255 g/mol. The van der Waals surface area contributed by atoms with Gasteiger partial charge in [0, 0.05) is 38.8 Å². The summed E-state index contributed by atoms with van der Waals surface area (Å²) in [6.07, 6.45) is 5.68. The molecule has 2 heterocycles. The summed E-state index contributed by atoms with van der Waals surface area (Å²) >= 11 is 0. The van der Waals surface area contributed by atoms with Gasteiger partial charge in [-0.3, -0.25) is 4.90 Å². The molecule has 0 saturated carbocycles. The first-order valence-electron chi connectivity index (χ1n) is 7.47. The minimum atomic E-state index is 0.473. The maximum Gasteiger partial charge on any atom is 0.0700 e. The molecule has 2 aliphatic rings. The molecular formula is C14H29N3O. The van der Waals surface area contributed by atoms with Crippen molar-refractivity contribution in [3.63, 3.8) is 0 Å². The molecule has 0 amide bonds. The molecule has 2 fully saturated rings. The van der Waals surface area contributed by atoms with E-state index in [0.717, 1.165) is 25.7 Å². The van der Waals surface area contributed by atoms with Gasteiger partial charge in [0.2, 0.25) is 0 Å². The van der Waals surface area contributed by atoms with E-state index in [1.165, 1.54) is 45.3 Å². The highest BCUT2D eigenvalue weighted by molar-refractivity contribution is 4.81. The molecule has 0 radical (unpaired) electrons. The zero-order valence-electron chi connectivity index (χ0n) is 12.0. The van der Waals surface area contributed by atoms with Gasteiger partial charge >= 0.3 is 0 Å². The van der Waals surface area contributed by atoms with E-state index in [-0.39, 0.29) is 0 Å². The van der Waals surface area contributed by atoms with Crippen molar-refractivity contribution in [2.24, 2.45) is 0 Å². The van der Waals surface area contributed by atoms with Gasteiger partial charge in [0.05, 0.1) is 6.10 Å². The van der Waals surface area contributed by atoms with Crippen molar-refractivity contribution in [1.29, 1.82) is 0 Å². The van der Waals surface area contributed by atoms with Crippen LogP contribution in [0.3, 0.4) is 0 Å². The summed E-state index contributed by atoms with van der Waals surface area (Å²) in [5, 5.41) is 3.55. The van der Waals surface area contributed by atoms with Gasteiger partial charge in [-0.15, -0.1) is 0 Å². The molecule has 1 N–H and O–H groups in total. The fourth-order valence-electron chi connectivity index (χ4n) is 3.11. The van der Waals surface area contributed by atoms with Crippen molar-refractivity contribution in [3.8, 4) is 0 Å². The molecule has 18 heavy (non-hydrogen) atoms. The van der Waals surface area contributed by atoms with Gasteiger partial charge in [-0.05, 0) is 46.3 Å². The SMILES string of the molecule is CN(C)CC1CCCN1CCNCC1CCCO1. The summed E-state index contributed by atoms with van der Waals surface area (Å²) in [6.45, 7) is 6.76. The van der Waals surface area contributed by atoms with E-state index in [1.807, 2.05) is 0 Å². The molecule has 4 nitrogen and oxygen atoms in total. The van der Waals surface area contributed by atoms with Crippen molar-refractivity contribution >= 4 is 0 Å². The molecule has 2 unspecified atom stereocenters. The molecule has 0 aromatic carbocycles. The quantitative estimate of drug-likeness (QED) is 0.681. The van der Waals surface area contributed by atoms with Crippen LogP contribution in [0, 0.1) is 0 Å². The highest BCUT2D eigenvalue weighted by Crippen LogP contribution is 2.16. The zero-order valence-corrected chi connectivity index (χ0v) is 12.0. The number of ether oxygens (including phenoxy) is 1. The Balaban J connectivity index is 1.57. The van der Waals surface area contributed by atoms with Crippen LogP contribution in [0.2, 0.25) is 0 Å². The standard InChI is InChI=1S/C14H29N3O/c1-16(2)12-13-5-3-8-17(13)9-7-15-11-14-6-4-10-18-14/h13-15H,3-12H2,1-2H3. The van der Waals surface area contributed by atoms with Crippen molar-refractivity contribution in [2.75, 3.05) is 53.4 Å². The number of likely N-dealkylation sites (tertiary alicyclic amines) is 1. The van der Waals surface area contributed by atoms with Crippen LogP contribution in [0.25, 0.3) is 0 Å². The highest BCUT2D eigenvalue weighted by atomic mass is 16.5. The second-order valence-corrected chi connectivity index (χ2v) is 5.93. The minimum absolute atomic E-state index is 0.473. The molecule has 2 rings (SSSR count). The van der Waals surface area contributed by atoms with E-state index >= 15 is 0 Å². The van der Waals surface area contributed by atoms with Crippen LogP contribution >= 0.6 is 0 Å². The van der Waals surface area contributed by atoms with Crippen molar-refractivity contribution < 1.29 is 4.74 Å². The second-order valence-electron chi connectivity index (χ2n) is 5.93. The van der Waals surface area contributed by atoms with E-state index in [1.54, 1.807) is 0 Å². The molecule has 0 aromatic heterocycles. The Morgan fingerprint density at radius 2 is 2.17 bits per heavy atom.